The highest BCUT2D eigenvalue weighted by Gasteiger charge is 2.08. The van der Waals surface area contributed by atoms with Crippen molar-refractivity contribution < 1.29 is 9.53 Å². The van der Waals surface area contributed by atoms with Gasteiger partial charge < -0.3 is 4.74 Å². The van der Waals surface area contributed by atoms with Gasteiger partial charge in [-0.2, -0.15) is 11.8 Å². The molecule has 0 aliphatic carbocycles. The van der Waals surface area contributed by atoms with Gasteiger partial charge in [-0.05, 0) is 18.9 Å². The van der Waals surface area contributed by atoms with Gasteiger partial charge in [0, 0.05) is 6.42 Å². The Bertz CT molecular complexity index is 75.1. The van der Waals surface area contributed by atoms with E-state index >= 15 is 0 Å². The quantitative estimate of drug-likeness (QED) is 0.484. The Labute approximate surface area is 60.0 Å². The van der Waals surface area contributed by atoms with Crippen molar-refractivity contribution in [3.63, 3.8) is 0 Å². The molecule has 0 amide bonds. The van der Waals surface area contributed by atoms with Gasteiger partial charge in [-0.15, -0.1) is 0 Å². The van der Waals surface area contributed by atoms with Crippen molar-refractivity contribution in [2.45, 2.75) is 12.8 Å². The van der Waals surface area contributed by atoms with Crippen LogP contribution in [-0.2, 0) is 9.53 Å². The lowest BCUT2D eigenvalue weighted by Crippen LogP contribution is -1.88. The van der Waals surface area contributed by atoms with E-state index in [2.05, 4.69) is 4.74 Å². The number of ether oxygens (including phenoxy) is 1. The maximum atomic E-state index is 10.0. The smallest absolute Gasteiger partial charge is 0.305 e. The lowest BCUT2D eigenvalue weighted by molar-refractivity contribution is -0.137. The molecule has 1 aliphatic heterocycles. The number of thioether (sulfide) groups is 1. The van der Waals surface area contributed by atoms with Crippen LogP contribution < -0.4 is 0 Å². The molecule has 1 aliphatic rings. The van der Waals surface area contributed by atoms with Gasteiger partial charge >= 0.3 is 5.97 Å². The summed E-state index contributed by atoms with van der Waals surface area (Å²) >= 11 is 1.75. The van der Waals surface area contributed by atoms with Crippen molar-refractivity contribution in [3.05, 3.63) is 0 Å². The van der Waals surface area contributed by atoms with E-state index < -0.39 is 0 Å². The second-order valence-corrected chi connectivity index (χ2v) is 2.55. The second-order valence-electron chi connectivity index (χ2n) is 1.73. The number of esters is 1. The van der Waals surface area contributed by atoms with Crippen LogP contribution >= 0.6 is 11.8 Å². The van der Waals surface area contributed by atoms with Crippen LogP contribution in [0.3, 0.4) is 0 Å². The Morgan fingerprint density at radius 2 is 2.11 bits per heavy atom. The molecule has 0 bridgehead atoms. The van der Waals surface area contributed by atoms with Crippen LogP contribution in [0.5, 0.6) is 0 Å². The van der Waals surface area contributed by atoms with Crippen LogP contribution in [0.4, 0.5) is 0 Å². The molecule has 1 heterocycles. The Hall–Kier alpha value is -0.180. The average Bonchev–Trinajstić information content (AvgIpc) is 2.20. The topological polar surface area (TPSA) is 26.3 Å². The fourth-order valence-corrected chi connectivity index (χ4v) is 0.475. The monoisotopic (exact) mass is 148 g/mol. The van der Waals surface area contributed by atoms with Gasteiger partial charge in [0.2, 0.25) is 0 Å². The summed E-state index contributed by atoms with van der Waals surface area (Å²) < 4.78 is 4.51. The molecule has 0 N–H and O–H groups in total. The molecule has 0 spiro atoms. The first-order valence-electron chi connectivity index (χ1n) is 2.87. The van der Waals surface area contributed by atoms with Crippen molar-refractivity contribution in [1.29, 1.82) is 0 Å². The molecule has 1 fully saturated rings. The first-order chi connectivity index (χ1) is 4.31. The molecule has 0 aromatic heterocycles. The van der Waals surface area contributed by atoms with Crippen LogP contribution in [0.25, 0.3) is 0 Å². The normalized spacial score (nSPS) is 16.0. The van der Waals surface area contributed by atoms with Gasteiger partial charge in [0.15, 0.2) is 0 Å². The van der Waals surface area contributed by atoms with E-state index in [9.17, 15) is 4.79 Å². The Morgan fingerprint density at radius 3 is 2.22 bits per heavy atom. The van der Waals surface area contributed by atoms with E-state index in [4.69, 9.17) is 0 Å². The Morgan fingerprint density at radius 1 is 1.56 bits per heavy atom. The number of carbonyl (C=O) groups excluding carboxylic acids is 1. The van der Waals surface area contributed by atoms with Gasteiger partial charge in [0.05, 0.1) is 6.61 Å². The molecule has 54 valence electrons. The zero-order valence-corrected chi connectivity index (χ0v) is 6.66. The third-order valence-electron chi connectivity index (χ3n) is 0.788. The van der Waals surface area contributed by atoms with E-state index in [1.54, 1.807) is 11.8 Å². The molecule has 2 nitrogen and oxygen atoms in total. The lowest BCUT2D eigenvalue weighted by atomic mass is 10.4. The van der Waals surface area contributed by atoms with Crippen LogP contribution in [0.2, 0.25) is 0 Å². The second kappa shape index (κ2) is 5.95. The summed E-state index contributed by atoms with van der Waals surface area (Å²) in [6.07, 6.45) is 5.62. The van der Waals surface area contributed by atoms with Crippen molar-refractivity contribution >= 4 is 17.7 Å². The summed E-state index contributed by atoms with van der Waals surface area (Å²) in [6, 6.07) is 0. The average molecular weight is 148 g/mol. The largest absolute Gasteiger partial charge is 0.466 e. The van der Waals surface area contributed by atoms with Gasteiger partial charge in [0.25, 0.3) is 0 Å². The predicted octanol–water partition coefficient (Wildman–Crippen LogP) is 1.30. The van der Waals surface area contributed by atoms with Gasteiger partial charge in [-0.25, -0.2) is 0 Å². The van der Waals surface area contributed by atoms with E-state index in [0.29, 0.717) is 13.0 Å². The van der Waals surface area contributed by atoms with Gasteiger partial charge in [-0.1, -0.05) is 0 Å². The van der Waals surface area contributed by atoms with Crippen molar-refractivity contribution in [3.8, 4) is 0 Å². The zero-order valence-electron chi connectivity index (χ0n) is 5.85. The minimum atomic E-state index is -0.0463. The highest BCUT2D eigenvalue weighted by atomic mass is 32.2. The van der Waals surface area contributed by atoms with Crippen molar-refractivity contribution in [1.82, 2.24) is 0 Å². The Kier molecular flexibility index (Phi) is 5.83. The number of carbonyl (C=O) groups is 1. The summed E-state index contributed by atoms with van der Waals surface area (Å²) in [5.41, 5.74) is 0. The predicted molar refractivity (Wildman–Crippen MR) is 39.6 cm³/mol. The third kappa shape index (κ3) is 5.69. The molecule has 0 saturated carbocycles. The summed E-state index contributed by atoms with van der Waals surface area (Å²) in [7, 11) is 0. The first kappa shape index (κ1) is 8.82. The number of hydrogen-bond donors (Lipinski definition) is 0. The highest BCUT2D eigenvalue weighted by Crippen LogP contribution is 2.01. The molecular formula is C6H12O2S. The lowest BCUT2D eigenvalue weighted by Gasteiger charge is -1.81. The third-order valence-corrected chi connectivity index (χ3v) is 0.788. The molecule has 0 aromatic carbocycles. The molecule has 0 unspecified atom stereocenters. The van der Waals surface area contributed by atoms with Crippen molar-refractivity contribution in [2.24, 2.45) is 0 Å². The molecule has 0 radical (unpaired) electrons. The highest BCUT2D eigenvalue weighted by molar-refractivity contribution is 7.97. The Balaban J connectivity index is 0.000000187. The zero-order chi connectivity index (χ0) is 7.11. The maximum Gasteiger partial charge on any atom is 0.305 e. The minimum Gasteiger partial charge on any atom is -0.466 e. The summed E-state index contributed by atoms with van der Waals surface area (Å²) in [5, 5.41) is 0. The molecule has 1 saturated heterocycles. The molecule has 3 heteroatoms. The minimum absolute atomic E-state index is 0.0463. The fourth-order valence-electron chi connectivity index (χ4n) is 0.475. The summed E-state index contributed by atoms with van der Waals surface area (Å²) in [6.45, 7) is 0.638. The van der Waals surface area contributed by atoms with Gasteiger partial charge in [0.1, 0.15) is 0 Å². The van der Waals surface area contributed by atoms with Crippen LogP contribution in [0.1, 0.15) is 12.8 Å². The van der Waals surface area contributed by atoms with Crippen LogP contribution in [0.15, 0.2) is 0 Å². The number of hydrogen-bond acceptors (Lipinski definition) is 3. The van der Waals surface area contributed by atoms with Gasteiger partial charge in [-0.3, -0.25) is 4.79 Å². The number of cyclic esters (lactones) is 1. The maximum absolute atomic E-state index is 10.0. The molecular weight excluding hydrogens is 136 g/mol. The fraction of sp³-hybridized carbons (Fsp3) is 0.833. The molecule has 0 aromatic rings. The van der Waals surface area contributed by atoms with Crippen LogP contribution in [0, 0.1) is 0 Å². The van der Waals surface area contributed by atoms with E-state index in [1.807, 2.05) is 12.5 Å². The number of rotatable bonds is 0. The first-order valence-corrected chi connectivity index (χ1v) is 4.50. The summed E-state index contributed by atoms with van der Waals surface area (Å²) in [5.74, 6) is -0.0463. The summed E-state index contributed by atoms with van der Waals surface area (Å²) in [4.78, 5) is 10.0. The molecule has 1 rings (SSSR count). The van der Waals surface area contributed by atoms with E-state index in [0.717, 1.165) is 6.42 Å². The van der Waals surface area contributed by atoms with Crippen LogP contribution in [-0.4, -0.2) is 25.1 Å². The van der Waals surface area contributed by atoms with E-state index in [-0.39, 0.29) is 5.97 Å². The van der Waals surface area contributed by atoms with E-state index in [1.165, 1.54) is 0 Å². The molecule has 9 heavy (non-hydrogen) atoms. The molecule has 0 atom stereocenters. The standard InChI is InChI=1S/C4H6O2.C2H6S/c5-4-2-1-3-6-4;1-3-2/h1-3H2;1-2H3. The van der Waals surface area contributed by atoms with Crippen molar-refractivity contribution in [2.75, 3.05) is 19.1 Å². The SMILES string of the molecule is CSC.O=C1CCCO1.